The van der Waals surface area contributed by atoms with Crippen molar-refractivity contribution in [2.24, 2.45) is 0 Å². The zero-order chi connectivity index (χ0) is 12.3. The third kappa shape index (κ3) is 2.09. The van der Waals surface area contributed by atoms with Crippen LogP contribution in [-0.4, -0.2) is 17.4 Å². The van der Waals surface area contributed by atoms with Crippen molar-refractivity contribution in [2.75, 3.05) is 6.54 Å². The Kier molecular flexibility index (Phi) is 3.28. The lowest BCUT2D eigenvalue weighted by atomic mass is 10.1. The average Bonchev–Trinajstić information content (AvgIpc) is 2.70. The quantitative estimate of drug-likeness (QED) is 0.776. The lowest BCUT2D eigenvalue weighted by Gasteiger charge is -2.02. The molecule has 2 N–H and O–H groups in total. The van der Waals surface area contributed by atoms with Crippen molar-refractivity contribution in [2.45, 2.75) is 13.3 Å². The summed E-state index contributed by atoms with van der Waals surface area (Å²) in [7, 11) is 0. The molecule has 1 aromatic carbocycles. The van der Waals surface area contributed by atoms with Crippen LogP contribution in [0.4, 0.5) is 0 Å². The van der Waals surface area contributed by atoms with Gasteiger partial charge < -0.3 is 10.3 Å². The Bertz CT molecular complexity index is 554. The standard InChI is InChI=1S/C14H16N2O/c1-3-7-11-10-8-5-6-9-12(10)16-13(11)14(17)15-4-2/h3,5-6,8-9,16H,1,4,7H2,2H3,(H,15,17). The van der Waals surface area contributed by atoms with Crippen molar-refractivity contribution in [3.05, 3.63) is 48.2 Å². The fourth-order valence-corrected chi connectivity index (χ4v) is 2.00. The van der Waals surface area contributed by atoms with Gasteiger partial charge in [0.25, 0.3) is 5.91 Å². The molecular formula is C14H16N2O. The number of benzene rings is 1. The minimum absolute atomic E-state index is 0.0550. The number of hydrogen-bond donors (Lipinski definition) is 2. The Morgan fingerprint density at radius 3 is 2.94 bits per heavy atom. The maximum Gasteiger partial charge on any atom is 0.268 e. The van der Waals surface area contributed by atoms with Gasteiger partial charge >= 0.3 is 0 Å². The molecule has 0 aliphatic heterocycles. The van der Waals surface area contributed by atoms with Crippen LogP contribution in [0.5, 0.6) is 0 Å². The molecule has 1 aromatic heterocycles. The number of hydrogen-bond acceptors (Lipinski definition) is 1. The molecule has 2 rings (SSSR count). The van der Waals surface area contributed by atoms with E-state index in [4.69, 9.17) is 0 Å². The summed E-state index contributed by atoms with van der Waals surface area (Å²) in [6, 6.07) is 7.93. The van der Waals surface area contributed by atoms with Gasteiger partial charge in [0.1, 0.15) is 5.69 Å². The van der Waals surface area contributed by atoms with Crippen molar-refractivity contribution < 1.29 is 4.79 Å². The van der Waals surface area contributed by atoms with E-state index in [-0.39, 0.29) is 5.91 Å². The van der Waals surface area contributed by atoms with Crippen molar-refractivity contribution >= 4 is 16.8 Å². The summed E-state index contributed by atoms with van der Waals surface area (Å²) in [6.07, 6.45) is 2.51. The number of rotatable bonds is 4. The first-order valence-corrected chi connectivity index (χ1v) is 5.76. The second kappa shape index (κ2) is 4.87. The maximum atomic E-state index is 11.9. The summed E-state index contributed by atoms with van der Waals surface area (Å²) in [4.78, 5) is 15.1. The van der Waals surface area contributed by atoms with Gasteiger partial charge in [-0.15, -0.1) is 6.58 Å². The second-order valence-electron chi connectivity index (χ2n) is 3.88. The molecule has 0 aliphatic carbocycles. The number of carbonyl (C=O) groups excluding carboxylic acids is 1. The van der Waals surface area contributed by atoms with E-state index in [1.165, 1.54) is 0 Å². The Morgan fingerprint density at radius 2 is 2.24 bits per heavy atom. The summed E-state index contributed by atoms with van der Waals surface area (Å²) < 4.78 is 0. The minimum atomic E-state index is -0.0550. The molecule has 1 heterocycles. The zero-order valence-corrected chi connectivity index (χ0v) is 9.92. The Morgan fingerprint density at radius 1 is 1.47 bits per heavy atom. The van der Waals surface area contributed by atoms with Gasteiger partial charge in [0.05, 0.1) is 0 Å². The number of aromatic amines is 1. The van der Waals surface area contributed by atoms with E-state index < -0.39 is 0 Å². The highest BCUT2D eigenvalue weighted by Gasteiger charge is 2.15. The summed E-state index contributed by atoms with van der Waals surface area (Å²) >= 11 is 0. The van der Waals surface area contributed by atoms with Gasteiger partial charge in [-0.1, -0.05) is 24.3 Å². The van der Waals surface area contributed by atoms with Gasteiger partial charge in [-0.3, -0.25) is 4.79 Å². The Hall–Kier alpha value is -2.03. The number of fused-ring (bicyclic) bond motifs is 1. The first-order chi connectivity index (χ1) is 8.27. The number of nitrogens with one attached hydrogen (secondary N) is 2. The van der Waals surface area contributed by atoms with Crippen molar-refractivity contribution in [3.8, 4) is 0 Å². The molecule has 0 spiro atoms. The van der Waals surface area contributed by atoms with Crippen molar-refractivity contribution in [1.82, 2.24) is 10.3 Å². The van der Waals surface area contributed by atoms with Gasteiger partial charge in [0, 0.05) is 17.4 Å². The van der Waals surface area contributed by atoms with E-state index in [1.54, 1.807) is 0 Å². The van der Waals surface area contributed by atoms with Crippen LogP contribution in [0.25, 0.3) is 10.9 Å². The number of carbonyl (C=O) groups is 1. The van der Waals surface area contributed by atoms with Crippen LogP contribution in [0, 0.1) is 0 Å². The van der Waals surface area contributed by atoms with Crippen LogP contribution in [0.2, 0.25) is 0 Å². The van der Waals surface area contributed by atoms with E-state index >= 15 is 0 Å². The average molecular weight is 228 g/mol. The summed E-state index contributed by atoms with van der Waals surface area (Å²) in [5.74, 6) is -0.0550. The topological polar surface area (TPSA) is 44.9 Å². The monoisotopic (exact) mass is 228 g/mol. The number of H-pyrrole nitrogens is 1. The van der Waals surface area contributed by atoms with E-state index in [1.807, 2.05) is 37.3 Å². The van der Waals surface area contributed by atoms with Crippen LogP contribution in [0.15, 0.2) is 36.9 Å². The van der Waals surface area contributed by atoms with Gasteiger partial charge in [-0.05, 0) is 25.0 Å². The molecule has 1 amide bonds. The summed E-state index contributed by atoms with van der Waals surface area (Å²) in [5.41, 5.74) is 2.65. The van der Waals surface area contributed by atoms with E-state index in [2.05, 4.69) is 16.9 Å². The van der Waals surface area contributed by atoms with Crippen molar-refractivity contribution in [3.63, 3.8) is 0 Å². The molecular weight excluding hydrogens is 212 g/mol. The largest absolute Gasteiger partial charge is 0.351 e. The highest BCUT2D eigenvalue weighted by molar-refractivity contribution is 6.01. The van der Waals surface area contributed by atoms with Gasteiger partial charge in [-0.2, -0.15) is 0 Å². The predicted molar refractivity (Wildman–Crippen MR) is 70.2 cm³/mol. The molecule has 17 heavy (non-hydrogen) atoms. The van der Waals surface area contributed by atoms with Crippen LogP contribution >= 0.6 is 0 Å². The van der Waals surface area contributed by atoms with E-state index in [0.29, 0.717) is 18.7 Å². The maximum absolute atomic E-state index is 11.9. The molecule has 0 radical (unpaired) electrons. The number of allylic oxidation sites excluding steroid dienone is 1. The molecule has 0 atom stereocenters. The molecule has 0 fully saturated rings. The van der Waals surface area contributed by atoms with E-state index in [9.17, 15) is 4.79 Å². The number of amides is 1. The second-order valence-corrected chi connectivity index (χ2v) is 3.88. The third-order valence-corrected chi connectivity index (χ3v) is 2.73. The third-order valence-electron chi connectivity index (χ3n) is 2.73. The van der Waals surface area contributed by atoms with Gasteiger partial charge in [0.2, 0.25) is 0 Å². The normalized spacial score (nSPS) is 10.4. The lowest BCUT2D eigenvalue weighted by Crippen LogP contribution is -2.24. The number of aromatic nitrogens is 1. The smallest absolute Gasteiger partial charge is 0.268 e. The summed E-state index contributed by atoms with van der Waals surface area (Å²) in [5, 5.41) is 3.91. The zero-order valence-electron chi connectivity index (χ0n) is 9.92. The number of para-hydroxylation sites is 1. The molecule has 0 bridgehead atoms. The van der Waals surface area contributed by atoms with Crippen LogP contribution in [0.1, 0.15) is 23.0 Å². The molecule has 3 heteroatoms. The van der Waals surface area contributed by atoms with Crippen molar-refractivity contribution in [1.29, 1.82) is 0 Å². The predicted octanol–water partition coefficient (Wildman–Crippen LogP) is 2.65. The molecule has 0 saturated heterocycles. The summed E-state index contributed by atoms with van der Waals surface area (Å²) in [6.45, 7) is 6.28. The highest BCUT2D eigenvalue weighted by atomic mass is 16.1. The molecule has 88 valence electrons. The SMILES string of the molecule is C=CCc1c(C(=O)NCC)[nH]c2ccccc12. The van der Waals surface area contributed by atoms with Crippen LogP contribution in [-0.2, 0) is 6.42 Å². The lowest BCUT2D eigenvalue weighted by molar-refractivity contribution is 0.0951. The first kappa shape index (κ1) is 11.5. The van der Waals surface area contributed by atoms with Crippen LogP contribution < -0.4 is 5.32 Å². The molecule has 2 aromatic rings. The Labute approximate surface area is 101 Å². The van der Waals surface area contributed by atoms with E-state index in [0.717, 1.165) is 16.5 Å². The van der Waals surface area contributed by atoms with Gasteiger partial charge in [-0.25, -0.2) is 0 Å². The first-order valence-electron chi connectivity index (χ1n) is 5.76. The Balaban J connectivity index is 2.56. The van der Waals surface area contributed by atoms with Gasteiger partial charge in [0.15, 0.2) is 0 Å². The fourth-order valence-electron chi connectivity index (χ4n) is 2.00. The van der Waals surface area contributed by atoms with Crippen LogP contribution in [0.3, 0.4) is 0 Å². The highest BCUT2D eigenvalue weighted by Crippen LogP contribution is 2.23. The fraction of sp³-hybridized carbons (Fsp3) is 0.214. The molecule has 3 nitrogen and oxygen atoms in total. The molecule has 0 unspecified atom stereocenters. The molecule has 0 aliphatic rings. The molecule has 0 saturated carbocycles. The minimum Gasteiger partial charge on any atom is -0.351 e.